The summed E-state index contributed by atoms with van der Waals surface area (Å²) >= 11 is 1.42. The highest BCUT2D eigenvalue weighted by atomic mass is 32.1. The van der Waals surface area contributed by atoms with Crippen LogP contribution in [0.2, 0.25) is 0 Å². The molecule has 2 aliphatic heterocycles. The molecule has 1 N–H and O–H groups in total. The quantitative estimate of drug-likeness (QED) is 0.629. The Morgan fingerprint density at radius 2 is 1.97 bits per heavy atom. The van der Waals surface area contributed by atoms with E-state index in [4.69, 9.17) is 14.2 Å². The molecule has 2 aromatic heterocycles. The Hall–Kier alpha value is -2.91. The van der Waals surface area contributed by atoms with Crippen LogP contribution in [-0.4, -0.2) is 61.4 Å². The molecule has 9 heteroatoms. The summed E-state index contributed by atoms with van der Waals surface area (Å²) in [5.74, 6) is 1.18. The third kappa shape index (κ3) is 3.75. The highest BCUT2D eigenvalue weighted by Gasteiger charge is 2.41. The molecule has 5 rings (SSSR count). The standard InChI is InChI=1S/C23H26N4O4S/c1-29-17-6-4-3-5-15(17)16-13-24-20(30-2)18-19(16)32-21(25-18)26-22(28)27-10-7-23(14-27)8-11-31-12-9-23/h3-6,13H,7-12,14H2,1-2H3,(H,25,26,28). The first kappa shape index (κ1) is 21.0. The molecular weight excluding hydrogens is 428 g/mol. The minimum Gasteiger partial charge on any atom is -0.496 e. The number of hydrogen-bond donors (Lipinski definition) is 1. The molecular formula is C23H26N4O4S. The highest BCUT2D eigenvalue weighted by molar-refractivity contribution is 7.23. The number of carbonyl (C=O) groups is 1. The van der Waals surface area contributed by atoms with Crippen molar-refractivity contribution in [3.05, 3.63) is 30.5 Å². The molecule has 0 aliphatic carbocycles. The maximum absolute atomic E-state index is 13.0. The zero-order chi connectivity index (χ0) is 22.1. The number of likely N-dealkylation sites (tertiary alicyclic amines) is 1. The van der Waals surface area contributed by atoms with E-state index in [0.717, 1.165) is 67.1 Å². The number of methoxy groups -OCH3 is 2. The first-order valence-electron chi connectivity index (χ1n) is 10.7. The molecule has 0 atom stereocenters. The van der Waals surface area contributed by atoms with Crippen molar-refractivity contribution in [1.29, 1.82) is 0 Å². The second-order valence-corrected chi connectivity index (χ2v) is 9.29. The van der Waals surface area contributed by atoms with Gasteiger partial charge in [0.25, 0.3) is 0 Å². The van der Waals surface area contributed by atoms with Gasteiger partial charge in [-0.2, -0.15) is 0 Å². The Morgan fingerprint density at radius 1 is 1.16 bits per heavy atom. The second-order valence-electron chi connectivity index (χ2n) is 8.29. The van der Waals surface area contributed by atoms with Crippen molar-refractivity contribution in [2.45, 2.75) is 19.3 Å². The topological polar surface area (TPSA) is 85.8 Å². The fourth-order valence-electron chi connectivity index (χ4n) is 4.64. The summed E-state index contributed by atoms with van der Waals surface area (Å²) in [7, 11) is 3.21. The van der Waals surface area contributed by atoms with Crippen molar-refractivity contribution >= 4 is 32.7 Å². The summed E-state index contributed by atoms with van der Waals surface area (Å²) in [6.07, 6.45) is 4.82. The summed E-state index contributed by atoms with van der Waals surface area (Å²) in [5.41, 5.74) is 2.63. The van der Waals surface area contributed by atoms with Gasteiger partial charge in [-0.05, 0) is 30.7 Å². The van der Waals surface area contributed by atoms with Crippen LogP contribution in [0.15, 0.2) is 30.5 Å². The molecule has 1 aromatic carbocycles. The van der Waals surface area contributed by atoms with Gasteiger partial charge in [0.15, 0.2) is 5.13 Å². The van der Waals surface area contributed by atoms with Gasteiger partial charge < -0.3 is 19.1 Å². The maximum Gasteiger partial charge on any atom is 0.323 e. The second kappa shape index (κ2) is 8.55. The predicted molar refractivity (Wildman–Crippen MR) is 124 cm³/mol. The van der Waals surface area contributed by atoms with Gasteiger partial charge in [0.2, 0.25) is 5.88 Å². The number of nitrogens with zero attached hydrogens (tertiary/aromatic N) is 3. The number of pyridine rings is 1. The monoisotopic (exact) mass is 454 g/mol. The number of rotatable bonds is 4. The molecule has 8 nitrogen and oxygen atoms in total. The number of ether oxygens (including phenoxy) is 3. The largest absolute Gasteiger partial charge is 0.496 e. The lowest BCUT2D eigenvalue weighted by Gasteiger charge is -2.33. The van der Waals surface area contributed by atoms with Crippen molar-refractivity contribution in [2.24, 2.45) is 5.41 Å². The Labute approximate surface area is 190 Å². The molecule has 1 spiro atoms. The zero-order valence-electron chi connectivity index (χ0n) is 18.2. The SMILES string of the molecule is COc1ccccc1-c1cnc(OC)c2nc(NC(=O)N3CCC4(CCOCC4)C3)sc12. The van der Waals surface area contributed by atoms with Crippen LogP contribution >= 0.6 is 11.3 Å². The molecule has 2 amide bonds. The van der Waals surface area contributed by atoms with Gasteiger partial charge in [-0.1, -0.05) is 29.5 Å². The summed E-state index contributed by atoms with van der Waals surface area (Å²) in [6.45, 7) is 3.09. The van der Waals surface area contributed by atoms with E-state index in [0.29, 0.717) is 16.5 Å². The van der Waals surface area contributed by atoms with Crippen LogP contribution < -0.4 is 14.8 Å². The molecule has 2 saturated heterocycles. The summed E-state index contributed by atoms with van der Waals surface area (Å²) < 4.78 is 17.4. The first-order valence-corrected chi connectivity index (χ1v) is 11.5. The summed E-state index contributed by atoms with van der Waals surface area (Å²) in [4.78, 5) is 24.0. The van der Waals surface area contributed by atoms with Crippen molar-refractivity contribution in [3.63, 3.8) is 0 Å². The van der Waals surface area contributed by atoms with E-state index in [9.17, 15) is 4.79 Å². The van der Waals surface area contributed by atoms with Crippen LogP contribution in [0.3, 0.4) is 0 Å². The van der Waals surface area contributed by atoms with Crippen LogP contribution in [0.5, 0.6) is 11.6 Å². The predicted octanol–water partition coefficient (Wildman–Crippen LogP) is 4.41. The third-order valence-electron chi connectivity index (χ3n) is 6.47. The molecule has 2 aliphatic rings. The van der Waals surface area contributed by atoms with Crippen LogP contribution in [0.4, 0.5) is 9.93 Å². The lowest BCUT2D eigenvalue weighted by Crippen LogP contribution is -2.37. The number of thiazole rings is 1. The number of carbonyl (C=O) groups excluding carboxylic acids is 1. The van der Waals surface area contributed by atoms with Gasteiger partial charge in [0, 0.05) is 43.6 Å². The van der Waals surface area contributed by atoms with E-state index in [1.807, 2.05) is 29.2 Å². The first-order chi connectivity index (χ1) is 15.6. The molecule has 0 bridgehead atoms. The lowest BCUT2D eigenvalue weighted by molar-refractivity contribution is 0.0211. The van der Waals surface area contributed by atoms with Crippen molar-refractivity contribution in [1.82, 2.24) is 14.9 Å². The summed E-state index contributed by atoms with van der Waals surface area (Å²) in [5, 5.41) is 3.53. The number of urea groups is 1. The average Bonchev–Trinajstić information content (AvgIpc) is 3.43. The van der Waals surface area contributed by atoms with Gasteiger partial charge in [0.05, 0.1) is 18.9 Å². The van der Waals surface area contributed by atoms with Crippen LogP contribution in [0.1, 0.15) is 19.3 Å². The number of fused-ring (bicyclic) bond motifs is 1. The highest BCUT2D eigenvalue weighted by Crippen LogP contribution is 2.42. The molecule has 168 valence electrons. The molecule has 2 fully saturated rings. The molecule has 3 aromatic rings. The molecule has 4 heterocycles. The minimum atomic E-state index is -0.113. The zero-order valence-corrected chi connectivity index (χ0v) is 19.0. The van der Waals surface area contributed by atoms with Gasteiger partial charge in [-0.3, -0.25) is 5.32 Å². The van der Waals surface area contributed by atoms with Crippen molar-refractivity contribution in [2.75, 3.05) is 45.8 Å². The van der Waals surface area contributed by atoms with Gasteiger partial charge in [-0.15, -0.1) is 0 Å². The van der Waals surface area contributed by atoms with Crippen LogP contribution in [0.25, 0.3) is 21.3 Å². The minimum absolute atomic E-state index is 0.113. The number of hydrogen-bond acceptors (Lipinski definition) is 7. The fourth-order valence-corrected chi connectivity index (χ4v) is 5.61. The smallest absolute Gasteiger partial charge is 0.323 e. The number of anilines is 1. The Kier molecular flexibility index (Phi) is 5.60. The van der Waals surface area contributed by atoms with Crippen LogP contribution in [-0.2, 0) is 4.74 Å². The van der Waals surface area contributed by atoms with Gasteiger partial charge in [0.1, 0.15) is 11.3 Å². The van der Waals surface area contributed by atoms with Gasteiger partial charge in [-0.25, -0.2) is 14.8 Å². The normalized spacial score (nSPS) is 17.6. The summed E-state index contributed by atoms with van der Waals surface area (Å²) in [6, 6.07) is 7.66. The van der Waals surface area contributed by atoms with E-state index in [2.05, 4.69) is 15.3 Å². The van der Waals surface area contributed by atoms with E-state index >= 15 is 0 Å². The molecule has 0 saturated carbocycles. The molecule has 32 heavy (non-hydrogen) atoms. The molecule has 0 radical (unpaired) electrons. The van der Waals surface area contributed by atoms with E-state index in [-0.39, 0.29) is 11.4 Å². The number of para-hydroxylation sites is 1. The van der Waals surface area contributed by atoms with E-state index in [1.54, 1.807) is 20.4 Å². The maximum atomic E-state index is 13.0. The number of benzene rings is 1. The molecule has 0 unspecified atom stereocenters. The van der Waals surface area contributed by atoms with Gasteiger partial charge >= 0.3 is 6.03 Å². The average molecular weight is 455 g/mol. The van der Waals surface area contributed by atoms with Crippen LogP contribution in [0, 0.1) is 5.41 Å². The Morgan fingerprint density at radius 3 is 2.75 bits per heavy atom. The lowest BCUT2D eigenvalue weighted by atomic mass is 9.80. The number of amides is 2. The van der Waals surface area contributed by atoms with Crippen molar-refractivity contribution < 1.29 is 19.0 Å². The van der Waals surface area contributed by atoms with Crippen molar-refractivity contribution in [3.8, 4) is 22.8 Å². The fraction of sp³-hybridized carbons (Fsp3) is 0.435. The van der Waals surface area contributed by atoms with E-state index < -0.39 is 0 Å². The Bertz CT molecular complexity index is 1140. The Balaban J connectivity index is 1.43. The van der Waals surface area contributed by atoms with E-state index in [1.165, 1.54) is 11.3 Å². The number of aromatic nitrogens is 2. The third-order valence-corrected chi connectivity index (χ3v) is 7.47. The number of nitrogens with one attached hydrogen (secondary N) is 1.